The van der Waals surface area contributed by atoms with E-state index in [1.54, 1.807) is 0 Å². The quantitative estimate of drug-likeness (QED) is 0.460. The van der Waals surface area contributed by atoms with E-state index in [4.69, 9.17) is 4.74 Å². The van der Waals surface area contributed by atoms with Crippen molar-refractivity contribution in [2.75, 3.05) is 20.6 Å². The van der Waals surface area contributed by atoms with Gasteiger partial charge in [0.2, 0.25) is 0 Å². The van der Waals surface area contributed by atoms with Crippen LogP contribution in [0.2, 0.25) is 0 Å². The number of esters is 1. The molecular formula is C12H25NO2. The molecule has 0 N–H and O–H groups in total. The standard InChI is InChI=1S/C12H25NO2/c1-5-6-7-8-9-12(14)15-11(2)10-13(3)4/h11H,5-10H2,1-4H3. The van der Waals surface area contributed by atoms with E-state index in [2.05, 4.69) is 6.92 Å². The van der Waals surface area contributed by atoms with Gasteiger partial charge in [-0.15, -0.1) is 0 Å². The fraction of sp³-hybridized carbons (Fsp3) is 0.917. The summed E-state index contributed by atoms with van der Waals surface area (Å²) in [4.78, 5) is 13.4. The van der Waals surface area contributed by atoms with Gasteiger partial charge in [-0.1, -0.05) is 26.2 Å². The lowest BCUT2D eigenvalue weighted by Gasteiger charge is -2.17. The summed E-state index contributed by atoms with van der Waals surface area (Å²) in [7, 11) is 3.96. The smallest absolute Gasteiger partial charge is 0.306 e. The molecule has 0 bridgehead atoms. The fourth-order valence-corrected chi connectivity index (χ4v) is 1.53. The lowest BCUT2D eigenvalue weighted by atomic mass is 10.1. The molecule has 3 nitrogen and oxygen atoms in total. The predicted molar refractivity (Wildman–Crippen MR) is 62.9 cm³/mol. The first kappa shape index (κ1) is 14.4. The molecule has 1 unspecified atom stereocenters. The van der Waals surface area contributed by atoms with Gasteiger partial charge in [-0.2, -0.15) is 0 Å². The van der Waals surface area contributed by atoms with Gasteiger partial charge in [0.1, 0.15) is 6.10 Å². The molecule has 0 aliphatic rings. The number of carbonyl (C=O) groups excluding carboxylic acids is 1. The Bertz CT molecular complexity index is 169. The van der Waals surface area contributed by atoms with Crippen LogP contribution in [0.3, 0.4) is 0 Å². The average molecular weight is 215 g/mol. The largest absolute Gasteiger partial charge is 0.461 e. The fourth-order valence-electron chi connectivity index (χ4n) is 1.53. The summed E-state index contributed by atoms with van der Waals surface area (Å²) >= 11 is 0. The number of nitrogens with zero attached hydrogens (tertiary/aromatic N) is 1. The SMILES string of the molecule is CCCCCCC(=O)OC(C)CN(C)C. The van der Waals surface area contributed by atoms with Crippen LogP contribution in [0.15, 0.2) is 0 Å². The maximum Gasteiger partial charge on any atom is 0.306 e. The number of rotatable bonds is 8. The minimum absolute atomic E-state index is 0.00123. The third-order valence-electron chi connectivity index (χ3n) is 2.19. The minimum Gasteiger partial charge on any atom is -0.461 e. The van der Waals surface area contributed by atoms with Crippen LogP contribution in [0.1, 0.15) is 46.0 Å². The van der Waals surface area contributed by atoms with E-state index in [1.807, 2.05) is 25.9 Å². The highest BCUT2D eigenvalue weighted by molar-refractivity contribution is 5.69. The van der Waals surface area contributed by atoms with Crippen molar-refractivity contribution in [1.29, 1.82) is 0 Å². The van der Waals surface area contributed by atoms with E-state index in [9.17, 15) is 4.79 Å². The highest BCUT2D eigenvalue weighted by Gasteiger charge is 2.09. The maximum atomic E-state index is 11.4. The van der Waals surface area contributed by atoms with Gasteiger partial charge in [0.25, 0.3) is 0 Å². The third kappa shape index (κ3) is 9.73. The third-order valence-corrected chi connectivity index (χ3v) is 2.19. The van der Waals surface area contributed by atoms with Gasteiger partial charge in [0, 0.05) is 13.0 Å². The molecule has 90 valence electrons. The van der Waals surface area contributed by atoms with Gasteiger partial charge in [0.05, 0.1) is 0 Å². The number of likely N-dealkylation sites (N-methyl/N-ethyl adjacent to an activating group) is 1. The molecule has 0 amide bonds. The Kier molecular flexibility index (Phi) is 8.38. The molecular weight excluding hydrogens is 190 g/mol. The van der Waals surface area contributed by atoms with Gasteiger partial charge in [-0.25, -0.2) is 0 Å². The number of hydrogen-bond donors (Lipinski definition) is 0. The number of unbranched alkanes of at least 4 members (excludes halogenated alkanes) is 3. The first-order valence-corrected chi connectivity index (χ1v) is 5.90. The molecule has 0 spiro atoms. The van der Waals surface area contributed by atoms with E-state index in [1.165, 1.54) is 12.8 Å². The Morgan fingerprint density at radius 2 is 1.93 bits per heavy atom. The van der Waals surface area contributed by atoms with Crippen LogP contribution in [-0.2, 0) is 9.53 Å². The van der Waals surface area contributed by atoms with Crippen LogP contribution in [0, 0.1) is 0 Å². The molecule has 15 heavy (non-hydrogen) atoms. The number of hydrogen-bond acceptors (Lipinski definition) is 3. The van der Waals surface area contributed by atoms with Crippen molar-refractivity contribution < 1.29 is 9.53 Å². The summed E-state index contributed by atoms with van der Waals surface area (Å²) in [5.74, 6) is -0.0551. The minimum atomic E-state index is -0.0551. The molecule has 0 aliphatic heterocycles. The van der Waals surface area contributed by atoms with Gasteiger partial charge in [-0.3, -0.25) is 4.79 Å². The monoisotopic (exact) mass is 215 g/mol. The highest BCUT2D eigenvalue weighted by Crippen LogP contribution is 2.05. The average Bonchev–Trinajstić information content (AvgIpc) is 2.10. The molecule has 0 radical (unpaired) electrons. The Balaban J connectivity index is 3.47. The molecule has 1 atom stereocenters. The van der Waals surface area contributed by atoms with Gasteiger partial charge in [-0.05, 0) is 27.4 Å². The molecule has 0 rings (SSSR count). The summed E-state index contributed by atoms with van der Waals surface area (Å²) in [6, 6.07) is 0. The van der Waals surface area contributed by atoms with Crippen LogP contribution in [0.25, 0.3) is 0 Å². The van der Waals surface area contributed by atoms with E-state index < -0.39 is 0 Å². The van der Waals surface area contributed by atoms with Gasteiger partial charge < -0.3 is 9.64 Å². The van der Waals surface area contributed by atoms with Crippen LogP contribution < -0.4 is 0 Å². The van der Waals surface area contributed by atoms with Crippen molar-refractivity contribution in [1.82, 2.24) is 4.90 Å². The zero-order valence-corrected chi connectivity index (χ0v) is 10.6. The van der Waals surface area contributed by atoms with Crippen molar-refractivity contribution >= 4 is 5.97 Å². The summed E-state index contributed by atoms with van der Waals surface area (Å²) in [5.41, 5.74) is 0. The summed E-state index contributed by atoms with van der Waals surface area (Å²) < 4.78 is 5.26. The predicted octanol–water partition coefficient (Wildman–Crippen LogP) is 2.45. The molecule has 0 aromatic carbocycles. The van der Waals surface area contributed by atoms with Crippen LogP contribution in [-0.4, -0.2) is 37.6 Å². The van der Waals surface area contributed by atoms with Crippen molar-refractivity contribution in [3.8, 4) is 0 Å². The Morgan fingerprint density at radius 1 is 1.27 bits per heavy atom. The molecule has 0 aromatic heterocycles. The lowest BCUT2D eigenvalue weighted by molar-refractivity contribution is -0.148. The second kappa shape index (κ2) is 8.72. The second-order valence-electron chi connectivity index (χ2n) is 4.37. The summed E-state index contributed by atoms with van der Waals surface area (Å²) in [5, 5.41) is 0. The Morgan fingerprint density at radius 3 is 2.47 bits per heavy atom. The van der Waals surface area contributed by atoms with Gasteiger partial charge in [0.15, 0.2) is 0 Å². The molecule has 0 heterocycles. The number of carbonyl (C=O) groups is 1. The molecule has 0 aromatic rings. The van der Waals surface area contributed by atoms with Crippen LogP contribution in [0.5, 0.6) is 0 Å². The van der Waals surface area contributed by atoms with Crippen molar-refractivity contribution in [3.05, 3.63) is 0 Å². The molecule has 0 aliphatic carbocycles. The van der Waals surface area contributed by atoms with Gasteiger partial charge >= 0.3 is 5.97 Å². The lowest BCUT2D eigenvalue weighted by Crippen LogP contribution is -2.27. The van der Waals surface area contributed by atoms with E-state index >= 15 is 0 Å². The molecule has 0 saturated heterocycles. The molecule has 3 heteroatoms. The molecule has 0 fully saturated rings. The molecule has 0 saturated carbocycles. The second-order valence-corrected chi connectivity index (χ2v) is 4.37. The maximum absolute atomic E-state index is 11.4. The first-order chi connectivity index (χ1) is 7.06. The topological polar surface area (TPSA) is 29.5 Å². The van der Waals surface area contributed by atoms with Crippen molar-refractivity contribution in [2.45, 2.75) is 52.1 Å². The van der Waals surface area contributed by atoms with Crippen molar-refractivity contribution in [2.24, 2.45) is 0 Å². The zero-order valence-electron chi connectivity index (χ0n) is 10.6. The summed E-state index contributed by atoms with van der Waals surface area (Å²) in [6.07, 6.45) is 5.07. The van der Waals surface area contributed by atoms with E-state index in [0.29, 0.717) is 6.42 Å². The van der Waals surface area contributed by atoms with E-state index in [-0.39, 0.29) is 12.1 Å². The van der Waals surface area contributed by atoms with E-state index in [0.717, 1.165) is 19.4 Å². The summed E-state index contributed by atoms with van der Waals surface area (Å²) in [6.45, 7) is 4.89. The van der Waals surface area contributed by atoms with Crippen LogP contribution >= 0.6 is 0 Å². The van der Waals surface area contributed by atoms with Crippen LogP contribution in [0.4, 0.5) is 0 Å². The zero-order chi connectivity index (χ0) is 11.7. The number of ether oxygens (including phenoxy) is 1. The van der Waals surface area contributed by atoms with Crippen molar-refractivity contribution in [3.63, 3.8) is 0 Å². The normalized spacial score (nSPS) is 12.9. The Hall–Kier alpha value is -0.570. The first-order valence-electron chi connectivity index (χ1n) is 5.90. The highest BCUT2D eigenvalue weighted by atomic mass is 16.5. The Labute approximate surface area is 93.8 Å².